The molecule has 0 fully saturated rings. The van der Waals surface area contributed by atoms with Crippen molar-refractivity contribution < 1.29 is 5.11 Å². The molecule has 2 aromatic rings. The second-order valence-electron chi connectivity index (χ2n) is 3.77. The Hall–Kier alpha value is -0.770. The van der Waals surface area contributed by atoms with Gasteiger partial charge in [-0.25, -0.2) is 0 Å². The van der Waals surface area contributed by atoms with E-state index in [0.29, 0.717) is 11.7 Å². The van der Waals surface area contributed by atoms with Crippen LogP contribution in [0.5, 0.6) is 5.75 Å². The summed E-state index contributed by atoms with van der Waals surface area (Å²) in [6.45, 7) is 2.21. The van der Waals surface area contributed by atoms with Gasteiger partial charge in [0.1, 0.15) is 5.75 Å². The van der Waals surface area contributed by atoms with Crippen LogP contribution in [0.3, 0.4) is 0 Å². The zero-order valence-electron chi connectivity index (χ0n) is 8.57. The Morgan fingerprint density at radius 3 is 2.47 bits per heavy atom. The number of halogens is 1. The Labute approximate surface area is 103 Å². The Bertz CT molecular complexity index is 479. The highest BCUT2D eigenvalue weighted by atomic mass is 127. The fourth-order valence-electron chi connectivity index (χ4n) is 1.82. The molecule has 1 unspecified atom stereocenters. The van der Waals surface area contributed by atoms with Crippen molar-refractivity contribution in [1.29, 1.82) is 0 Å². The molecule has 78 valence electrons. The van der Waals surface area contributed by atoms with Crippen molar-refractivity contribution in [3.05, 3.63) is 42.0 Å². The summed E-state index contributed by atoms with van der Waals surface area (Å²) in [4.78, 5) is 0. The van der Waals surface area contributed by atoms with Gasteiger partial charge >= 0.3 is 0 Å². The monoisotopic (exact) mass is 312 g/mol. The molecule has 15 heavy (non-hydrogen) atoms. The molecule has 0 aromatic heterocycles. The van der Waals surface area contributed by atoms with E-state index in [4.69, 9.17) is 0 Å². The molecule has 1 nitrogen and oxygen atoms in total. The number of hydrogen-bond acceptors (Lipinski definition) is 1. The summed E-state index contributed by atoms with van der Waals surface area (Å²) in [5, 5.41) is 11.9. The molecule has 0 aliphatic heterocycles. The number of fused-ring (bicyclic) bond motifs is 1. The van der Waals surface area contributed by atoms with Crippen LogP contribution in [-0.2, 0) is 0 Å². The number of phenols is 1. The summed E-state index contributed by atoms with van der Waals surface area (Å²) in [5.41, 5.74) is 1.32. The van der Waals surface area contributed by atoms with Crippen molar-refractivity contribution >= 4 is 33.4 Å². The van der Waals surface area contributed by atoms with Gasteiger partial charge in [-0.1, -0.05) is 59.8 Å². The van der Waals surface area contributed by atoms with Crippen LogP contribution in [0.4, 0.5) is 0 Å². The number of alkyl halides is 1. The number of benzene rings is 2. The van der Waals surface area contributed by atoms with Gasteiger partial charge in [-0.05, 0) is 22.9 Å². The van der Waals surface area contributed by atoms with Crippen LogP contribution in [0.15, 0.2) is 36.4 Å². The molecule has 0 amide bonds. The number of phenolic OH excluding ortho intramolecular Hbond substituents is 1. The summed E-state index contributed by atoms with van der Waals surface area (Å²) < 4.78 is 1.09. The third kappa shape index (κ3) is 1.95. The van der Waals surface area contributed by atoms with E-state index in [1.54, 1.807) is 6.07 Å². The molecule has 2 rings (SSSR count). The topological polar surface area (TPSA) is 20.2 Å². The van der Waals surface area contributed by atoms with E-state index in [1.807, 2.05) is 24.3 Å². The van der Waals surface area contributed by atoms with E-state index < -0.39 is 0 Å². The van der Waals surface area contributed by atoms with Gasteiger partial charge in [0.2, 0.25) is 0 Å². The van der Waals surface area contributed by atoms with Crippen LogP contribution in [0.2, 0.25) is 0 Å². The van der Waals surface area contributed by atoms with Crippen molar-refractivity contribution in [3.63, 3.8) is 0 Å². The van der Waals surface area contributed by atoms with Gasteiger partial charge in [0.05, 0.1) is 0 Å². The van der Waals surface area contributed by atoms with Crippen molar-refractivity contribution in [1.82, 2.24) is 0 Å². The summed E-state index contributed by atoms with van der Waals surface area (Å²) >= 11 is 2.40. The average molecular weight is 312 g/mol. The molecule has 1 N–H and O–H groups in total. The summed E-state index contributed by atoms with van der Waals surface area (Å²) in [6.07, 6.45) is 0. The van der Waals surface area contributed by atoms with Gasteiger partial charge in [0, 0.05) is 9.81 Å². The van der Waals surface area contributed by atoms with Crippen molar-refractivity contribution in [2.75, 3.05) is 4.43 Å². The molecule has 2 aromatic carbocycles. The lowest BCUT2D eigenvalue weighted by Gasteiger charge is -2.12. The van der Waals surface area contributed by atoms with Crippen LogP contribution in [-0.4, -0.2) is 9.53 Å². The Morgan fingerprint density at radius 1 is 1.13 bits per heavy atom. The fourth-order valence-corrected chi connectivity index (χ4v) is 2.29. The highest BCUT2D eigenvalue weighted by Crippen LogP contribution is 2.32. The second kappa shape index (κ2) is 4.39. The van der Waals surface area contributed by atoms with Gasteiger partial charge in [0.15, 0.2) is 0 Å². The number of hydrogen-bond donors (Lipinski definition) is 1. The second-order valence-corrected chi connectivity index (χ2v) is 4.66. The van der Waals surface area contributed by atoms with E-state index in [0.717, 1.165) is 9.81 Å². The van der Waals surface area contributed by atoms with Gasteiger partial charge < -0.3 is 5.11 Å². The fraction of sp³-hybridized carbons (Fsp3) is 0.231. The van der Waals surface area contributed by atoms with E-state index in [1.165, 1.54) is 10.9 Å². The molecule has 0 aliphatic rings. The van der Waals surface area contributed by atoms with Crippen LogP contribution in [0.25, 0.3) is 10.8 Å². The minimum Gasteiger partial charge on any atom is -0.507 e. The highest BCUT2D eigenvalue weighted by Gasteiger charge is 2.09. The normalized spacial score (nSPS) is 12.9. The third-order valence-corrected chi connectivity index (χ3v) is 4.02. The molecule has 2 heteroatoms. The summed E-state index contributed by atoms with van der Waals surface area (Å²) in [5.74, 6) is 0.895. The quantitative estimate of drug-likeness (QED) is 0.654. The number of rotatable bonds is 2. The van der Waals surface area contributed by atoms with Gasteiger partial charge in [-0.3, -0.25) is 0 Å². The van der Waals surface area contributed by atoms with Crippen LogP contribution in [0.1, 0.15) is 18.4 Å². The molecule has 0 aliphatic carbocycles. The highest BCUT2D eigenvalue weighted by molar-refractivity contribution is 14.1. The van der Waals surface area contributed by atoms with Gasteiger partial charge in [-0.2, -0.15) is 0 Å². The smallest absolute Gasteiger partial charge is 0.123 e. The SMILES string of the molecule is CC(CI)c1ccc(O)c2ccccc12. The maximum Gasteiger partial charge on any atom is 0.123 e. The van der Waals surface area contributed by atoms with E-state index in [9.17, 15) is 5.11 Å². The van der Waals surface area contributed by atoms with E-state index in [-0.39, 0.29) is 0 Å². The molecular formula is C13H13IO. The van der Waals surface area contributed by atoms with Crippen molar-refractivity contribution in [2.24, 2.45) is 0 Å². The molecule has 0 saturated carbocycles. The average Bonchev–Trinajstić information content (AvgIpc) is 2.29. The maximum absolute atomic E-state index is 9.75. The number of aromatic hydroxyl groups is 1. The molecule has 1 atom stereocenters. The first-order valence-electron chi connectivity index (χ1n) is 5.00. The lowest BCUT2D eigenvalue weighted by atomic mass is 9.96. The zero-order chi connectivity index (χ0) is 10.8. The standard InChI is InChI=1S/C13H13IO/c1-9(8-14)10-6-7-13(15)12-5-3-2-4-11(10)12/h2-7,9,15H,8H2,1H3. The lowest BCUT2D eigenvalue weighted by Crippen LogP contribution is -1.95. The molecular weight excluding hydrogens is 299 g/mol. The minimum absolute atomic E-state index is 0.370. The molecule has 0 spiro atoms. The van der Waals surface area contributed by atoms with E-state index >= 15 is 0 Å². The third-order valence-electron chi connectivity index (χ3n) is 2.70. The van der Waals surface area contributed by atoms with Crippen LogP contribution < -0.4 is 0 Å². The lowest BCUT2D eigenvalue weighted by molar-refractivity contribution is 0.481. The minimum atomic E-state index is 0.370. The van der Waals surface area contributed by atoms with Crippen molar-refractivity contribution in [2.45, 2.75) is 12.8 Å². The molecule has 0 saturated heterocycles. The predicted molar refractivity (Wildman–Crippen MR) is 72.9 cm³/mol. The Morgan fingerprint density at radius 2 is 1.80 bits per heavy atom. The Balaban J connectivity index is 2.71. The van der Waals surface area contributed by atoms with Gasteiger partial charge in [0.25, 0.3) is 0 Å². The zero-order valence-corrected chi connectivity index (χ0v) is 10.7. The first-order valence-corrected chi connectivity index (χ1v) is 6.53. The summed E-state index contributed by atoms with van der Waals surface area (Å²) in [7, 11) is 0. The molecule has 0 heterocycles. The summed E-state index contributed by atoms with van der Waals surface area (Å²) in [6, 6.07) is 11.8. The van der Waals surface area contributed by atoms with Crippen LogP contribution >= 0.6 is 22.6 Å². The first kappa shape index (κ1) is 10.7. The predicted octanol–water partition coefficient (Wildman–Crippen LogP) is 4.08. The maximum atomic E-state index is 9.75. The first-order chi connectivity index (χ1) is 7.24. The van der Waals surface area contributed by atoms with Crippen molar-refractivity contribution in [3.8, 4) is 5.75 Å². The Kier molecular flexibility index (Phi) is 3.14. The van der Waals surface area contributed by atoms with E-state index in [2.05, 4.69) is 35.6 Å². The molecule has 0 radical (unpaired) electrons. The van der Waals surface area contributed by atoms with Gasteiger partial charge in [-0.15, -0.1) is 0 Å². The largest absolute Gasteiger partial charge is 0.507 e. The van der Waals surface area contributed by atoms with Crippen LogP contribution in [0, 0.1) is 0 Å². The molecule has 0 bridgehead atoms.